The molecule has 2 nitrogen and oxygen atoms in total. The molecule has 0 bridgehead atoms. The maximum atomic E-state index is 4.35. The average Bonchev–Trinajstić information content (AvgIpc) is 2.80. The molecule has 2 aromatic rings. The van der Waals surface area contributed by atoms with Gasteiger partial charge in [0.05, 0.1) is 17.2 Å². The summed E-state index contributed by atoms with van der Waals surface area (Å²) in [5, 5.41) is 7.52. The van der Waals surface area contributed by atoms with Crippen LogP contribution in [0.5, 0.6) is 0 Å². The number of nitrogens with zero attached hydrogens (tertiary/aromatic N) is 1. The van der Waals surface area contributed by atoms with Gasteiger partial charge in [-0.1, -0.05) is 0 Å². The van der Waals surface area contributed by atoms with Gasteiger partial charge in [-0.2, -0.15) is 0 Å². The minimum atomic E-state index is 0.243. The van der Waals surface area contributed by atoms with Crippen LogP contribution in [0.15, 0.2) is 22.3 Å². The lowest BCUT2D eigenvalue weighted by molar-refractivity contribution is 0.674. The lowest BCUT2D eigenvalue weighted by atomic mass is 10.1. The number of hydrogen-bond donors (Lipinski definition) is 1. The Bertz CT molecular complexity index is 392. The van der Waals surface area contributed by atoms with E-state index in [4.69, 9.17) is 0 Å². The fraction of sp³-hybridized carbons (Fsp3) is 0.300. The van der Waals surface area contributed by atoms with Gasteiger partial charge < -0.3 is 5.32 Å². The van der Waals surface area contributed by atoms with Gasteiger partial charge in [0.25, 0.3) is 0 Å². The second kappa shape index (κ2) is 4.21. The van der Waals surface area contributed by atoms with E-state index in [0.29, 0.717) is 0 Å². The zero-order valence-corrected chi connectivity index (χ0v) is 9.78. The number of hydrogen-bond acceptors (Lipinski definition) is 4. The SMILES string of the molecule is CNC(c1cscn1)c1ccsc1C. The van der Waals surface area contributed by atoms with Crippen LogP contribution in [0.2, 0.25) is 0 Å². The van der Waals surface area contributed by atoms with Gasteiger partial charge in [0.15, 0.2) is 0 Å². The van der Waals surface area contributed by atoms with Gasteiger partial charge in [-0.3, -0.25) is 0 Å². The van der Waals surface area contributed by atoms with Gasteiger partial charge in [0.2, 0.25) is 0 Å². The highest BCUT2D eigenvalue weighted by Gasteiger charge is 2.16. The number of rotatable bonds is 3. The third-order valence-electron chi connectivity index (χ3n) is 2.25. The summed E-state index contributed by atoms with van der Waals surface area (Å²) < 4.78 is 0. The van der Waals surface area contributed by atoms with Crippen LogP contribution in [0.4, 0.5) is 0 Å². The van der Waals surface area contributed by atoms with Crippen LogP contribution < -0.4 is 5.32 Å². The van der Waals surface area contributed by atoms with Crippen LogP contribution in [0, 0.1) is 6.92 Å². The van der Waals surface area contributed by atoms with E-state index in [1.807, 2.05) is 12.6 Å². The summed E-state index contributed by atoms with van der Waals surface area (Å²) in [7, 11) is 1.97. The van der Waals surface area contributed by atoms with Gasteiger partial charge in [-0.25, -0.2) is 4.98 Å². The van der Waals surface area contributed by atoms with Crippen molar-refractivity contribution in [1.29, 1.82) is 0 Å². The first-order valence-corrected chi connectivity index (χ1v) is 6.24. The first-order chi connectivity index (χ1) is 6.83. The summed E-state index contributed by atoms with van der Waals surface area (Å²) >= 11 is 3.42. The van der Waals surface area contributed by atoms with Crippen LogP contribution in [0.3, 0.4) is 0 Å². The Morgan fingerprint density at radius 1 is 1.50 bits per heavy atom. The van der Waals surface area contributed by atoms with Crippen molar-refractivity contribution in [3.05, 3.63) is 38.5 Å². The minimum absolute atomic E-state index is 0.243. The molecule has 2 rings (SSSR count). The van der Waals surface area contributed by atoms with Gasteiger partial charge in [0, 0.05) is 10.3 Å². The minimum Gasteiger partial charge on any atom is -0.308 e. The normalized spacial score (nSPS) is 13.0. The van der Waals surface area contributed by atoms with E-state index in [2.05, 4.69) is 34.1 Å². The van der Waals surface area contributed by atoms with Crippen molar-refractivity contribution in [3.8, 4) is 0 Å². The standard InChI is InChI=1S/C10H12N2S2/c1-7-8(3-4-14-7)10(11-2)9-5-13-6-12-9/h3-6,10-11H,1-2H3. The Balaban J connectivity index is 2.36. The smallest absolute Gasteiger partial charge is 0.0795 e. The van der Waals surface area contributed by atoms with Crippen molar-refractivity contribution in [3.63, 3.8) is 0 Å². The largest absolute Gasteiger partial charge is 0.308 e. The van der Waals surface area contributed by atoms with Crippen molar-refractivity contribution in [2.45, 2.75) is 13.0 Å². The maximum absolute atomic E-state index is 4.35. The molecule has 0 aliphatic rings. The van der Waals surface area contributed by atoms with Crippen LogP contribution in [0.1, 0.15) is 22.2 Å². The van der Waals surface area contributed by atoms with Crippen LogP contribution in [-0.2, 0) is 0 Å². The topological polar surface area (TPSA) is 24.9 Å². The van der Waals surface area contributed by atoms with Crippen LogP contribution in [0.25, 0.3) is 0 Å². The third-order valence-corrected chi connectivity index (χ3v) is 3.71. The molecule has 0 aromatic carbocycles. The second-order valence-electron chi connectivity index (χ2n) is 3.07. The van der Waals surface area contributed by atoms with Crippen molar-refractivity contribution in [1.82, 2.24) is 10.3 Å². The molecule has 0 aliphatic heterocycles. The molecule has 2 aromatic heterocycles. The molecule has 0 saturated carbocycles. The summed E-state index contributed by atoms with van der Waals surface area (Å²) in [5.74, 6) is 0. The molecule has 14 heavy (non-hydrogen) atoms. The Kier molecular flexibility index (Phi) is 2.96. The zero-order valence-electron chi connectivity index (χ0n) is 8.15. The first-order valence-electron chi connectivity index (χ1n) is 4.42. The predicted molar refractivity (Wildman–Crippen MR) is 62.1 cm³/mol. The van der Waals surface area contributed by atoms with Crippen molar-refractivity contribution < 1.29 is 0 Å². The summed E-state index contributed by atoms with van der Waals surface area (Å²) in [5.41, 5.74) is 4.32. The molecule has 0 aliphatic carbocycles. The van der Waals surface area contributed by atoms with E-state index in [0.717, 1.165) is 5.69 Å². The van der Waals surface area contributed by atoms with E-state index in [9.17, 15) is 0 Å². The molecule has 0 spiro atoms. The number of aryl methyl sites for hydroxylation is 1. The first kappa shape index (κ1) is 9.83. The molecule has 1 N–H and O–H groups in total. The van der Waals surface area contributed by atoms with Gasteiger partial charge in [0.1, 0.15) is 0 Å². The molecular weight excluding hydrogens is 212 g/mol. The summed E-state index contributed by atoms with van der Waals surface area (Å²) in [6.45, 7) is 2.15. The fourth-order valence-electron chi connectivity index (χ4n) is 1.52. The van der Waals surface area contributed by atoms with E-state index in [-0.39, 0.29) is 6.04 Å². The average molecular weight is 224 g/mol. The van der Waals surface area contributed by atoms with E-state index >= 15 is 0 Å². The molecule has 0 radical (unpaired) electrons. The number of aromatic nitrogens is 1. The third kappa shape index (κ3) is 1.73. The van der Waals surface area contributed by atoms with Crippen molar-refractivity contribution >= 4 is 22.7 Å². The van der Waals surface area contributed by atoms with Crippen LogP contribution in [-0.4, -0.2) is 12.0 Å². The number of thiophene rings is 1. The molecule has 2 heterocycles. The Morgan fingerprint density at radius 2 is 2.36 bits per heavy atom. The van der Waals surface area contributed by atoms with Crippen LogP contribution >= 0.6 is 22.7 Å². The van der Waals surface area contributed by atoms with E-state index in [1.54, 1.807) is 22.7 Å². The molecule has 1 atom stereocenters. The highest BCUT2D eigenvalue weighted by atomic mass is 32.1. The van der Waals surface area contributed by atoms with E-state index in [1.165, 1.54) is 10.4 Å². The monoisotopic (exact) mass is 224 g/mol. The summed E-state index contributed by atoms with van der Waals surface area (Å²) in [4.78, 5) is 5.70. The lowest BCUT2D eigenvalue weighted by Gasteiger charge is -2.13. The molecule has 74 valence electrons. The van der Waals surface area contributed by atoms with E-state index < -0.39 is 0 Å². The van der Waals surface area contributed by atoms with Crippen molar-refractivity contribution in [2.24, 2.45) is 0 Å². The highest BCUT2D eigenvalue weighted by molar-refractivity contribution is 7.10. The molecule has 0 saturated heterocycles. The van der Waals surface area contributed by atoms with Crippen molar-refractivity contribution in [2.75, 3.05) is 7.05 Å². The highest BCUT2D eigenvalue weighted by Crippen LogP contribution is 2.27. The zero-order chi connectivity index (χ0) is 9.97. The maximum Gasteiger partial charge on any atom is 0.0795 e. The molecular formula is C10H12N2S2. The lowest BCUT2D eigenvalue weighted by Crippen LogP contribution is -2.17. The fourth-order valence-corrected chi connectivity index (χ4v) is 2.84. The Labute approximate surface area is 91.6 Å². The Morgan fingerprint density at radius 3 is 2.86 bits per heavy atom. The molecule has 0 amide bonds. The van der Waals surface area contributed by atoms with Gasteiger partial charge in [-0.15, -0.1) is 22.7 Å². The quantitative estimate of drug-likeness (QED) is 0.867. The molecule has 4 heteroatoms. The number of thiazole rings is 1. The summed E-state index contributed by atoms with van der Waals surface area (Å²) in [6, 6.07) is 2.41. The number of nitrogens with one attached hydrogen (secondary N) is 1. The van der Waals surface area contributed by atoms with Gasteiger partial charge >= 0.3 is 0 Å². The molecule has 0 fully saturated rings. The predicted octanol–water partition coefficient (Wildman–Crippen LogP) is 2.82. The summed E-state index contributed by atoms with van der Waals surface area (Å²) in [6.07, 6.45) is 0. The molecule has 1 unspecified atom stereocenters. The van der Waals surface area contributed by atoms with Gasteiger partial charge in [-0.05, 0) is 31.0 Å². The second-order valence-corrected chi connectivity index (χ2v) is 4.91. The Hall–Kier alpha value is -0.710.